The molecular formula is C19H25N5O3. The monoisotopic (exact) mass is 371 g/mol. The highest BCUT2D eigenvalue weighted by Gasteiger charge is 2.32. The van der Waals surface area contributed by atoms with Gasteiger partial charge in [0.25, 0.3) is 0 Å². The largest absolute Gasteiger partial charge is 0.368 e. The predicted octanol–water partition coefficient (Wildman–Crippen LogP) is 2.19. The van der Waals surface area contributed by atoms with Crippen LogP contribution < -0.4 is 11.1 Å². The summed E-state index contributed by atoms with van der Waals surface area (Å²) in [5.74, 6) is 0.283. The first-order valence-electron chi connectivity index (χ1n) is 9.03. The zero-order valence-electron chi connectivity index (χ0n) is 15.9. The smallest absolute Gasteiger partial charge is 0.318 e. The quantitative estimate of drug-likeness (QED) is 0.855. The number of hydrogen-bond acceptors (Lipinski definition) is 5. The van der Waals surface area contributed by atoms with Crippen LogP contribution in [0.1, 0.15) is 45.1 Å². The fraction of sp³-hybridized carbons (Fsp3) is 0.474. The van der Waals surface area contributed by atoms with E-state index < -0.39 is 11.9 Å². The summed E-state index contributed by atoms with van der Waals surface area (Å²) in [6, 6.07) is 7.09. The number of carbonyl (C=O) groups is 2. The number of aromatic nitrogens is 2. The van der Waals surface area contributed by atoms with Crippen LogP contribution in [0.3, 0.4) is 0 Å². The van der Waals surface area contributed by atoms with E-state index in [0.717, 1.165) is 12.0 Å². The first kappa shape index (κ1) is 18.9. The van der Waals surface area contributed by atoms with Crippen molar-refractivity contribution in [2.75, 3.05) is 6.54 Å². The molecule has 1 aliphatic rings. The third kappa shape index (κ3) is 4.27. The van der Waals surface area contributed by atoms with E-state index >= 15 is 0 Å². The van der Waals surface area contributed by atoms with Crippen LogP contribution in [0.4, 0.5) is 4.79 Å². The van der Waals surface area contributed by atoms with Gasteiger partial charge in [-0.3, -0.25) is 4.79 Å². The second kappa shape index (κ2) is 7.38. The second-order valence-electron chi connectivity index (χ2n) is 7.75. The Hall–Kier alpha value is -2.90. The highest BCUT2D eigenvalue weighted by molar-refractivity contribution is 5.86. The first-order valence-corrected chi connectivity index (χ1v) is 9.03. The van der Waals surface area contributed by atoms with Crippen molar-refractivity contribution in [3.8, 4) is 11.4 Å². The Morgan fingerprint density at radius 1 is 1.30 bits per heavy atom. The van der Waals surface area contributed by atoms with E-state index in [1.165, 1.54) is 10.5 Å². The van der Waals surface area contributed by atoms with E-state index in [0.29, 0.717) is 24.7 Å². The minimum atomic E-state index is -0.551. The summed E-state index contributed by atoms with van der Waals surface area (Å²) in [6.45, 7) is 7.06. The third-order valence-electron chi connectivity index (χ3n) is 4.71. The van der Waals surface area contributed by atoms with E-state index in [1.54, 1.807) is 0 Å². The molecule has 0 saturated carbocycles. The average molecular weight is 371 g/mol. The number of urea groups is 1. The molecule has 8 nitrogen and oxygen atoms in total. The van der Waals surface area contributed by atoms with Gasteiger partial charge in [-0.25, -0.2) is 4.79 Å². The summed E-state index contributed by atoms with van der Waals surface area (Å²) >= 11 is 0. The van der Waals surface area contributed by atoms with Gasteiger partial charge in [0.1, 0.15) is 6.04 Å². The highest BCUT2D eigenvalue weighted by Crippen LogP contribution is 2.25. The Morgan fingerprint density at radius 2 is 2.00 bits per heavy atom. The molecule has 2 heterocycles. The number of hydrogen-bond donors (Lipinski definition) is 2. The van der Waals surface area contributed by atoms with E-state index in [9.17, 15) is 9.59 Å². The molecule has 1 aromatic carbocycles. The topological polar surface area (TPSA) is 114 Å². The van der Waals surface area contributed by atoms with Crippen molar-refractivity contribution in [2.24, 2.45) is 5.73 Å². The summed E-state index contributed by atoms with van der Waals surface area (Å²) in [4.78, 5) is 29.4. The standard InChI is InChI=1S/C19H25N5O3/c1-19(2,3)13-8-6-12(7-9-13)17-22-15(27-23-17)11-21-18(26)24-10-4-5-14(24)16(20)25/h6-9,14H,4-5,10-11H2,1-3H3,(H2,20,25)(H,21,26)/t14-/m0/s1. The van der Waals surface area contributed by atoms with E-state index in [4.69, 9.17) is 10.3 Å². The first-order chi connectivity index (χ1) is 12.8. The molecular weight excluding hydrogens is 346 g/mol. The van der Waals surface area contributed by atoms with Crippen LogP contribution in [0.25, 0.3) is 11.4 Å². The minimum Gasteiger partial charge on any atom is -0.368 e. The Morgan fingerprint density at radius 3 is 2.63 bits per heavy atom. The van der Waals surface area contributed by atoms with Crippen LogP contribution in [0.5, 0.6) is 0 Å². The van der Waals surface area contributed by atoms with Gasteiger partial charge in [-0.1, -0.05) is 50.2 Å². The number of rotatable bonds is 4. The van der Waals surface area contributed by atoms with Crippen LogP contribution in [0.15, 0.2) is 28.8 Å². The molecule has 1 atom stereocenters. The Labute approximate surface area is 158 Å². The van der Waals surface area contributed by atoms with E-state index in [-0.39, 0.29) is 18.0 Å². The maximum atomic E-state index is 12.3. The Balaban J connectivity index is 1.61. The Kier molecular flexibility index (Phi) is 5.16. The number of amides is 3. The van der Waals surface area contributed by atoms with Gasteiger partial charge in [0, 0.05) is 12.1 Å². The second-order valence-corrected chi connectivity index (χ2v) is 7.75. The van der Waals surface area contributed by atoms with E-state index in [1.807, 2.05) is 24.3 Å². The summed E-state index contributed by atoms with van der Waals surface area (Å²) < 4.78 is 5.22. The normalized spacial score (nSPS) is 17.1. The molecule has 1 saturated heterocycles. The van der Waals surface area contributed by atoms with Crippen molar-refractivity contribution in [1.82, 2.24) is 20.4 Å². The zero-order valence-corrected chi connectivity index (χ0v) is 15.9. The summed E-state index contributed by atoms with van der Waals surface area (Å²) in [7, 11) is 0. The van der Waals surface area contributed by atoms with Crippen LogP contribution >= 0.6 is 0 Å². The highest BCUT2D eigenvalue weighted by atomic mass is 16.5. The summed E-state index contributed by atoms with van der Waals surface area (Å²) in [6.07, 6.45) is 1.36. The van der Waals surface area contributed by atoms with Gasteiger partial charge in [-0.05, 0) is 23.8 Å². The average Bonchev–Trinajstić information content (AvgIpc) is 3.28. The molecule has 3 rings (SSSR count). The molecule has 0 aliphatic carbocycles. The molecule has 0 spiro atoms. The van der Waals surface area contributed by atoms with Crippen molar-refractivity contribution < 1.29 is 14.1 Å². The number of nitrogens with two attached hydrogens (primary N) is 1. The lowest BCUT2D eigenvalue weighted by Crippen LogP contribution is -2.47. The third-order valence-corrected chi connectivity index (χ3v) is 4.71. The molecule has 8 heteroatoms. The van der Waals surface area contributed by atoms with Gasteiger partial charge >= 0.3 is 6.03 Å². The van der Waals surface area contributed by atoms with Crippen molar-refractivity contribution in [3.63, 3.8) is 0 Å². The number of primary amides is 1. The number of nitrogens with zero attached hydrogens (tertiary/aromatic N) is 3. The molecule has 1 aromatic heterocycles. The molecule has 0 radical (unpaired) electrons. The zero-order chi connectivity index (χ0) is 19.6. The number of carbonyl (C=O) groups excluding carboxylic acids is 2. The number of likely N-dealkylation sites (tertiary alicyclic amines) is 1. The summed E-state index contributed by atoms with van der Waals surface area (Å²) in [5.41, 5.74) is 7.47. The van der Waals surface area contributed by atoms with Gasteiger partial charge < -0.3 is 20.5 Å². The van der Waals surface area contributed by atoms with E-state index in [2.05, 4.69) is 36.2 Å². The van der Waals surface area contributed by atoms with Crippen molar-refractivity contribution in [1.29, 1.82) is 0 Å². The lowest BCUT2D eigenvalue weighted by molar-refractivity contribution is -0.121. The van der Waals surface area contributed by atoms with Crippen LogP contribution in [0, 0.1) is 0 Å². The lowest BCUT2D eigenvalue weighted by Gasteiger charge is -2.21. The number of nitrogens with one attached hydrogen (secondary N) is 1. The van der Waals surface area contributed by atoms with Crippen LogP contribution in [-0.2, 0) is 16.8 Å². The predicted molar refractivity (Wildman–Crippen MR) is 99.6 cm³/mol. The molecule has 1 fully saturated rings. The Bertz CT molecular complexity index is 823. The van der Waals surface area contributed by atoms with Gasteiger partial charge in [-0.15, -0.1) is 0 Å². The SMILES string of the molecule is CC(C)(C)c1ccc(-c2noc(CNC(=O)N3CCC[C@H]3C(N)=O)n2)cc1. The molecule has 2 aromatic rings. The number of benzene rings is 1. The van der Waals surface area contributed by atoms with Crippen molar-refractivity contribution in [3.05, 3.63) is 35.7 Å². The van der Waals surface area contributed by atoms with Gasteiger partial charge in [0.2, 0.25) is 17.6 Å². The van der Waals surface area contributed by atoms with Crippen LogP contribution in [-0.4, -0.2) is 39.6 Å². The molecule has 144 valence electrons. The maximum absolute atomic E-state index is 12.3. The fourth-order valence-electron chi connectivity index (χ4n) is 3.12. The van der Waals surface area contributed by atoms with Crippen molar-refractivity contribution >= 4 is 11.9 Å². The van der Waals surface area contributed by atoms with Gasteiger partial charge in [-0.2, -0.15) is 4.98 Å². The molecule has 3 amide bonds. The summed E-state index contributed by atoms with van der Waals surface area (Å²) in [5, 5.41) is 6.67. The van der Waals surface area contributed by atoms with Crippen LogP contribution in [0.2, 0.25) is 0 Å². The molecule has 0 unspecified atom stereocenters. The fourth-order valence-corrected chi connectivity index (χ4v) is 3.12. The van der Waals surface area contributed by atoms with Crippen molar-refractivity contribution in [2.45, 2.75) is 51.6 Å². The minimum absolute atomic E-state index is 0.0730. The van der Waals surface area contributed by atoms with Gasteiger partial charge in [0.05, 0.1) is 6.54 Å². The molecule has 1 aliphatic heterocycles. The van der Waals surface area contributed by atoms with Gasteiger partial charge in [0.15, 0.2) is 0 Å². The molecule has 0 bridgehead atoms. The maximum Gasteiger partial charge on any atom is 0.318 e. The lowest BCUT2D eigenvalue weighted by atomic mass is 9.87. The molecule has 27 heavy (non-hydrogen) atoms. The molecule has 3 N–H and O–H groups in total.